The Morgan fingerprint density at radius 2 is 2.06 bits per heavy atom. The number of aliphatic hydroxyl groups is 3. The highest BCUT2D eigenvalue weighted by Gasteiger charge is 2.76. The minimum absolute atomic E-state index is 0.0424. The molecule has 34 heavy (non-hydrogen) atoms. The third-order valence-corrected chi connectivity index (χ3v) is 9.87. The molecule has 1 aromatic rings. The van der Waals surface area contributed by atoms with Crippen LogP contribution in [0.1, 0.15) is 44.6 Å². The first kappa shape index (κ1) is 23.9. The van der Waals surface area contributed by atoms with E-state index in [4.69, 9.17) is 4.74 Å². The monoisotopic (exact) mass is 535 g/mol. The number of Topliss-reactive ketones (excluding diaryl/α,β-unsaturated/α-hetero) is 1. The van der Waals surface area contributed by atoms with Gasteiger partial charge in [-0.2, -0.15) is 5.10 Å². The van der Waals surface area contributed by atoms with Crippen molar-refractivity contribution in [3.63, 3.8) is 0 Å². The first-order valence-corrected chi connectivity index (χ1v) is 12.5. The van der Waals surface area contributed by atoms with Crippen LogP contribution in [-0.2, 0) is 16.6 Å². The fourth-order valence-corrected chi connectivity index (χ4v) is 7.97. The Labute approximate surface area is 206 Å². The van der Waals surface area contributed by atoms with Gasteiger partial charge < -0.3 is 20.1 Å². The summed E-state index contributed by atoms with van der Waals surface area (Å²) in [5.74, 6) is -1.36. The molecule has 1 spiro atoms. The maximum absolute atomic E-state index is 14.3. The lowest BCUT2D eigenvalue weighted by atomic mass is 9.59. The Morgan fingerprint density at radius 1 is 1.38 bits per heavy atom. The van der Waals surface area contributed by atoms with Gasteiger partial charge in [-0.25, -0.2) is 4.79 Å². The summed E-state index contributed by atoms with van der Waals surface area (Å²) in [6.07, 6.45) is 2.85. The second kappa shape index (κ2) is 7.35. The summed E-state index contributed by atoms with van der Waals surface area (Å²) >= 11 is 3.33. The van der Waals surface area contributed by atoms with Gasteiger partial charge in [0.2, 0.25) is 0 Å². The summed E-state index contributed by atoms with van der Waals surface area (Å²) in [6, 6.07) is 0. The predicted molar refractivity (Wildman–Crippen MR) is 124 cm³/mol. The average Bonchev–Trinajstić information content (AvgIpc) is 3.05. The molecule has 184 valence electrons. The first-order chi connectivity index (χ1) is 15.8. The molecular formula is C25H32BrN2O6+. The molecule has 4 aliphatic rings. The van der Waals surface area contributed by atoms with Crippen LogP contribution < -0.4 is 4.68 Å². The first-order valence-electron chi connectivity index (χ1n) is 11.7. The smallest absolute Gasteiger partial charge is 0.408 e. The number of ether oxygens (including phenoxy) is 1. The van der Waals surface area contributed by atoms with Gasteiger partial charge >= 0.3 is 11.7 Å². The van der Waals surface area contributed by atoms with Crippen molar-refractivity contribution in [2.75, 3.05) is 6.61 Å². The van der Waals surface area contributed by atoms with Crippen molar-refractivity contribution in [3.05, 3.63) is 39.7 Å². The third kappa shape index (κ3) is 2.72. The molecule has 4 N–H and O–H groups in total. The van der Waals surface area contributed by atoms with Crippen molar-refractivity contribution in [1.82, 2.24) is 5.10 Å². The Morgan fingerprint density at radius 3 is 2.65 bits per heavy atom. The number of nitrogens with zero attached hydrogens (tertiary/aromatic N) is 1. The molecule has 2 fully saturated rings. The summed E-state index contributed by atoms with van der Waals surface area (Å²) in [5, 5.41) is 37.0. The van der Waals surface area contributed by atoms with Crippen LogP contribution in [0.3, 0.4) is 0 Å². The van der Waals surface area contributed by atoms with Crippen molar-refractivity contribution in [1.29, 1.82) is 0 Å². The molecule has 1 heterocycles. The highest BCUT2D eigenvalue weighted by Crippen LogP contribution is 2.71. The maximum atomic E-state index is 14.3. The van der Waals surface area contributed by atoms with Gasteiger partial charge in [-0.05, 0) is 63.6 Å². The van der Waals surface area contributed by atoms with E-state index in [1.54, 1.807) is 32.3 Å². The normalized spacial score (nSPS) is 42.1. The van der Waals surface area contributed by atoms with Gasteiger partial charge in [0.1, 0.15) is 10.6 Å². The fourth-order valence-electron chi connectivity index (χ4n) is 7.44. The molecule has 9 heteroatoms. The van der Waals surface area contributed by atoms with E-state index in [2.05, 4.69) is 34.9 Å². The molecule has 1 aromatic heterocycles. The average molecular weight is 536 g/mol. The lowest BCUT2D eigenvalue weighted by Gasteiger charge is -2.48. The Kier molecular flexibility index (Phi) is 5.17. The standard InChI is InChI=1S/C25H31BrN2O6/c1-11-8-24-12(2)6-15-17(23(15,3)4)14(20(24)31)7-13(10-29)19(30)25(24,33)21(11)34-22(32)18-16(26)9-27-28(18)5/h7-9,12,14-15,17,19,21,29-30,33H,6,10H2,1-5H3/p+1/t12-,14+,15-,17+,19-,21+,24+,25+/m1/s1. The molecule has 5 rings (SSSR count). The molecule has 0 aliphatic heterocycles. The van der Waals surface area contributed by atoms with Gasteiger partial charge in [0, 0.05) is 5.92 Å². The molecule has 8 atom stereocenters. The highest BCUT2D eigenvalue weighted by molar-refractivity contribution is 9.10. The number of aromatic nitrogens is 2. The Balaban J connectivity index is 1.65. The zero-order valence-corrected chi connectivity index (χ0v) is 21.6. The molecule has 0 saturated heterocycles. The number of aliphatic hydroxyl groups excluding tert-OH is 2. The van der Waals surface area contributed by atoms with Crippen molar-refractivity contribution in [2.45, 2.75) is 51.9 Å². The number of carbonyl (C=O) groups is 2. The molecule has 4 aliphatic carbocycles. The number of hydrogen-bond acceptors (Lipinski definition) is 6. The minimum atomic E-state index is -2.14. The summed E-state index contributed by atoms with van der Waals surface area (Å²) in [4.78, 5) is 27.5. The summed E-state index contributed by atoms with van der Waals surface area (Å²) < 4.78 is 7.84. The Hall–Kier alpha value is -1.81. The van der Waals surface area contributed by atoms with E-state index in [0.717, 1.165) is 0 Å². The number of esters is 1. The van der Waals surface area contributed by atoms with Crippen LogP contribution in [0.25, 0.3) is 0 Å². The van der Waals surface area contributed by atoms with Crippen LogP contribution in [0.4, 0.5) is 0 Å². The second-order valence-electron chi connectivity index (χ2n) is 11.2. The fraction of sp³-hybridized carbons (Fsp3) is 0.640. The Bertz CT molecular complexity index is 1130. The lowest BCUT2D eigenvalue weighted by molar-refractivity contribution is -0.729. The number of aromatic amines is 1. The van der Waals surface area contributed by atoms with Crippen LogP contribution in [0.15, 0.2) is 34.0 Å². The number of aryl methyl sites for hydroxylation is 1. The van der Waals surface area contributed by atoms with Crippen molar-refractivity contribution < 1.29 is 34.3 Å². The van der Waals surface area contributed by atoms with Gasteiger partial charge in [-0.15, -0.1) is 4.68 Å². The second-order valence-corrected chi connectivity index (χ2v) is 12.0. The molecule has 0 amide bonds. The number of H-pyrrole nitrogens is 1. The van der Waals surface area contributed by atoms with E-state index in [9.17, 15) is 24.9 Å². The van der Waals surface area contributed by atoms with Crippen LogP contribution >= 0.6 is 15.9 Å². The van der Waals surface area contributed by atoms with E-state index in [0.29, 0.717) is 16.5 Å². The molecule has 0 aromatic carbocycles. The lowest BCUT2D eigenvalue weighted by Crippen LogP contribution is -2.66. The van der Waals surface area contributed by atoms with Crippen molar-refractivity contribution in [2.24, 2.45) is 41.5 Å². The molecule has 0 radical (unpaired) electrons. The van der Waals surface area contributed by atoms with Crippen LogP contribution in [0.2, 0.25) is 0 Å². The number of ketones is 1. The molecular weight excluding hydrogens is 504 g/mol. The molecule has 2 saturated carbocycles. The van der Waals surface area contributed by atoms with E-state index in [1.165, 1.54) is 4.68 Å². The largest absolute Gasteiger partial charge is 0.447 e. The third-order valence-electron chi connectivity index (χ3n) is 9.26. The predicted octanol–water partition coefficient (Wildman–Crippen LogP) is 1.59. The van der Waals surface area contributed by atoms with E-state index in [-0.39, 0.29) is 40.2 Å². The number of hydrogen-bond donors (Lipinski definition) is 4. The van der Waals surface area contributed by atoms with Gasteiger partial charge in [0.05, 0.1) is 18.2 Å². The number of halogens is 1. The van der Waals surface area contributed by atoms with E-state index < -0.39 is 41.7 Å². The van der Waals surface area contributed by atoms with E-state index >= 15 is 0 Å². The van der Waals surface area contributed by atoms with Crippen molar-refractivity contribution >= 4 is 27.7 Å². The number of carbonyl (C=O) groups excluding carboxylic acids is 2. The SMILES string of the molecule is CC1=C[C@]23C(=O)[C@@H](C=C(CO)[C@@H](O)[C@]2(O)[C@H]1OC(=O)c1c(Br)c[nH][n+]1C)[C@H]1[C@@H](C[C@H]3C)C1(C)C. The number of nitrogens with one attached hydrogen (secondary N) is 1. The van der Waals surface area contributed by atoms with E-state index in [1.807, 2.05) is 6.92 Å². The van der Waals surface area contributed by atoms with Gasteiger partial charge in [-0.3, -0.25) is 4.79 Å². The summed E-state index contributed by atoms with van der Waals surface area (Å²) in [6.45, 7) is 7.44. The maximum Gasteiger partial charge on any atom is 0.408 e. The molecule has 2 bridgehead atoms. The minimum Gasteiger partial charge on any atom is -0.447 e. The highest BCUT2D eigenvalue weighted by atomic mass is 79.9. The molecule has 8 nitrogen and oxygen atoms in total. The summed E-state index contributed by atoms with van der Waals surface area (Å²) in [7, 11) is 1.65. The molecule has 0 unspecified atom stereocenters. The van der Waals surface area contributed by atoms with Crippen LogP contribution in [0.5, 0.6) is 0 Å². The number of allylic oxidation sites excluding steroid dienone is 1. The van der Waals surface area contributed by atoms with Crippen molar-refractivity contribution in [3.8, 4) is 0 Å². The zero-order valence-electron chi connectivity index (χ0n) is 20.0. The summed E-state index contributed by atoms with van der Waals surface area (Å²) in [5.41, 5.74) is -2.72. The quantitative estimate of drug-likeness (QED) is 0.265. The van der Waals surface area contributed by atoms with Gasteiger partial charge in [-0.1, -0.05) is 32.9 Å². The van der Waals surface area contributed by atoms with Gasteiger partial charge in [0.25, 0.3) is 0 Å². The number of fused-ring (bicyclic) bond motifs is 3. The van der Waals surface area contributed by atoms with Gasteiger partial charge in [0.15, 0.2) is 24.5 Å². The van der Waals surface area contributed by atoms with Crippen LogP contribution in [-0.4, -0.2) is 56.6 Å². The zero-order chi connectivity index (χ0) is 25.0. The van der Waals surface area contributed by atoms with Crippen LogP contribution in [0, 0.1) is 34.5 Å². The number of rotatable bonds is 3. The topological polar surface area (TPSA) is 124 Å².